The molecule has 2 aliphatic heterocycles. The Morgan fingerprint density at radius 1 is 0.875 bits per heavy atom. The Hall–Kier alpha value is -6.23. The number of hydrogen-bond donors (Lipinski definition) is 5. The number of amidine groups is 2. The van der Waals surface area contributed by atoms with Crippen LogP contribution >= 0.6 is 22.9 Å². The molecular weight excluding hydrogens is 854 g/mol. The minimum Gasteiger partial charge on any atom is -0.491 e. The minimum atomic E-state index is -0.842. The van der Waals surface area contributed by atoms with Crippen LogP contribution in [0.25, 0.3) is 11.1 Å². The molecule has 64 heavy (non-hydrogen) atoms. The number of halogens is 1. The summed E-state index contributed by atoms with van der Waals surface area (Å²) in [5.41, 5.74) is 8.04. The Kier molecular flexibility index (Phi) is 15.3. The van der Waals surface area contributed by atoms with Crippen molar-refractivity contribution in [3.05, 3.63) is 129 Å². The molecule has 0 spiro atoms. The van der Waals surface area contributed by atoms with Gasteiger partial charge in [0, 0.05) is 44.5 Å². The molecule has 5 N–H and O–H groups in total. The van der Waals surface area contributed by atoms with Gasteiger partial charge in [-0.05, 0) is 97.6 Å². The highest BCUT2D eigenvalue weighted by atomic mass is 35.5. The molecule has 14 nitrogen and oxygen atoms in total. The Morgan fingerprint density at radius 2 is 1.55 bits per heavy atom. The molecule has 0 bridgehead atoms. The van der Waals surface area contributed by atoms with E-state index in [1.165, 1.54) is 11.3 Å². The molecule has 0 saturated heterocycles. The molecule has 0 fully saturated rings. The van der Waals surface area contributed by atoms with Crippen molar-refractivity contribution in [2.75, 3.05) is 68.3 Å². The van der Waals surface area contributed by atoms with Crippen LogP contribution in [-0.2, 0) is 30.2 Å². The van der Waals surface area contributed by atoms with Crippen LogP contribution < -0.4 is 25.6 Å². The number of carbonyl (C=O) groups excluding carboxylic acids is 3. The van der Waals surface area contributed by atoms with Crippen LogP contribution in [0.2, 0.25) is 5.02 Å². The lowest BCUT2D eigenvalue weighted by atomic mass is 9.99. The van der Waals surface area contributed by atoms with Gasteiger partial charge in [-0.1, -0.05) is 48.0 Å². The van der Waals surface area contributed by atoms with Gasteiger partial charge >= 0.3 is 0 Å². The lowest BCUT2D eigenvalue weighted by Gasteiger charge is -2.24. The van der Waals surface area contributed by atoms with Crippen molar-refractivity contribution in [2.45, 2.75) is 39.7 Å². The normalized spacial score (nSPS) is 14.3. The second kappa shape index (κ2) is 21.4. The van der Waals surface area contributed by atoms with Gasteiger partial charge in [0.2, 0.25) is 11.8 Å². The molecule has 1 aromatic heterocycles. The fraction of sp³-hybridized carbons (Fsp3) is 0.292. The largest absolute Gasteiger partial charge is 0.491 e. The molecule has 7 rings (SSSR count). The summed E-state index contributed by atoms with van der Waals surface area (Å²) >= 11 is 7.71. The first kappa shape index (κ1) is 45.8. The molecular formula is C48H50ClN7O7S. The number of benzene rings is 4. The van der Waals surface area contributed by atoms with Crippen molar-refractivity contribution < 1.29 is 33.3 Å². The zero-order chi connectivity index (χ0) is 45.2. The number of amides is 3. The van der Waals surface area contributed by atoms with Gasteiger partial charge in [-0.15, -0.1) is 11.3 Å². The summed E-state index contributed by atoms with van der Waals surface area (Å²) in [6, 6.07) is 26.7. The van der Waals surface area contributed by atoms with E-state index in [1.54, 1.807) is 54.3 Å². The Bertz CT molecular complexity index is 2560. The van der Waals surface area contributed by atoms with Gasteiger partial charge in [0.25, 0.3) is 5.91 Å². The quantitative estimate of drug-likeness (QED) is 0.0313. The minimum absolute atomic E-state index is 0.0147. The third-order valence-corrected chi connectivity index (χ3v) is 12.0. The Balaban J connectivity index is 0.766. The monoisotopic (exact) mass is 903 g/mol. The van der Waals surface area contributed by atoms with Gasteiger partial charge in [0.05, 0.1) is 58.2 Å². The number of aryl methyl sites for hydroxylation is 1. The molecule has 0 unspecified atom stereocenters. The first-order valence-electron chi connectivity index (χ1n) is 20.9. The zero-order valence-corrected chi connectivity index (χ0v) is 37.4. The van der Waals surface area contributed by atoms with Crippen molar-refractivity contribution in [3.63, 3.8) is 0 Å². The lowest BCUT2D eigenvalue weighted by Crippen LogP contribution is -2.41. The highest BCUT2D eigenvalue weighted by Gasteiger charge is 2.35. The topological polar surface area (TPSA) is 188 Å². The van der Waals surface area contributed by atoms with E-state index >= 15 is 0 Å². The summed E-state index contributed by atoms with van der Waals surface area (Å²) in [6.45, 7) is 8.58. The highest BCUT2D eigenvalue weighted by molar-refractivity contribution is 7.17. The predicted octanol–water partition coefficient (Wildman–Crippen LogP) is 8.07. The van der Waals surface area contributed by atoms with E-state index in [1.807, 2.05) is 62.4 Å². The third kappa shape index (κ3) is 11.5. The van der Waals surface area contributed by atoms with Crippen molar-refractivity contribution in [3.8, 4) is 16.9 Å². The second-order valence-corrected chi connectivity index (χ2v) is 16.8. The maximum absolute atomic E-state index is 13.4. The molecule has 3 heterocycles. The number of thiophene rings is 1. The predicted molar refractivity (Wildman–Crippen MR) is 252 cm³/mol. The fourth-order valence-electron chi connectivity index (χ4n) is 7.24. The molecule has 332 valence electrons. The van der Waals surface area contributed by atoms with E-state index in [9.17, 15) is 14.4 Å². The number of hydrogen-bond acceptors (Lipinski definition) is 11. The maximum atomic E-state index is 13.4. The molecule has 5 aromatic rings. The number of fused-ring (bicyclic) bond motifs is 2. The lowest BCUT2D eigenvalue weighted by molar-refractivity contribution is -0.116. The first-order chi connectivity index (χ1) is 30.9. The van der Waals surface area contributed by atoms with Gasteiger partial charge in [0.15, 0.2) is 0 Å². The fourth-order valence-corrected chi connectivity index (χ4v) is 8.59. The van der Waals surface area contributed by atoms with Crippen LogP contribution in [0.1, 0.15) is 50.8 Å². The van der Waals surface area contributed by atoms with E-state index in [2.05, 4.69) is 16.0 Å². The van der Waals surface area contributed by atoms with Crippen LogP contribution in [0.4, 0.5) is 16.4 Å². The molecule has 3 amide bonds. The summed E-state index contributed by atoms with van der Waals surface area (Å²) in [5.74, 6) is 0.312. The molecule has 2 aliphatic rings. The summed E-state index contributed by atoms with van der Waals surface area (Å²) in [6.07, 6.45) is 0.287. The maximum Gasteiger partial charge on any atom is 0.251 e. The SMILES string of the molecule is CC(=N)N1C(=N)[C@H](CC(=O)Nc2ccc(OCCOCCOCCOCCNC(=O)c3cccc(-c4ccc5c(c4)NC(=O)C5)c3)cc2)N=C(c2ccc(Cl)cc2)c2c1sc(C)c2C. The van der Waals surface area contributed by atoms with E-state index in [4.69, 9.17) is 46.4 Å². The first-order valence-corrected chi connectivity index (χ1v) is 22.1. The molecule has 0 aliphatic carbocycles. The van der Waals surface area contributed by atoms with E-state index in [0.29, 0.717) is 86.9 Å². The molecule has 0 radical (unpaired) electrons. The van der Waals surface area contributed by atoms with Crippen LogP contribution in [-0.4, -0.2) is 93.9 Å². The van der Waals surface area contributed by atoms with Gasteiger partial charge in [-0.2, -0.15) is 0 Å². The third-order valence-electron chi connectivity index (χ3n) is 10.6. The number of carbonyl (C=O) groups is 3. The van der Waals surface area contributed by atoms with Crippen LogP contribution in [0.15, 0.2) is 96.0 Å². The number of anilines is 3. The number of nitrogens with one attached hydrogen (secondary N) is 5. The van der Waals surface area contributed by atoms with Crippen LogP contribution in [0, 0.1) is 24.7 Å². The average Bonchev–Trinajstić information content (AvgIpc) is 3.76. The Labute approximate surface area is 381 Å². The number of ether oxygens (including phenoxy) is 4. The van der Waals surface area contributed by atoms with Crippen molar-refractivity contribution in [1.29, 1.82) is 10.8 Å². The van der Waals surface area contributed by atoms with Gasteiger partial charge in [-0.3, -0.25) is 35.1 Å². The number of aliphatic imine (C=N–C) groups is 1. The number of nitrogens with zero attached hydrogens (tertiary/aromatic N) is 2. The smallest absolute Gasteiger partial charge is 0.251 e. The van der Waals surface area contributed by atoms with Gasteiger partial charge in [0.1, 0.15) is 35.1 Å². The summed E-state index contributed by atoms with van der Waals surface area (Å²) in [5, 5.41) is 27.7. The second-order valence-electron chi connectivity index (χ2n) is 15.2. The summed E-state index contributed by atoms with van der Waals surface area (Å²) in [4.78, 5) is 45.5. The van der Waals surface area contributed by atoms with Gasteiger partial charge < -0.3 is 34.9 Å². The highest BCUT2D eigenvalue weighted by Crippen LogP contribution is 2.40. The molecule has 0 saturated carbocycles. The van der Waals surface area contributed by atoms with Crippen LogP contribution in [0.5, 0.6) is 5.75 Å². The summed E-state index contributed by atoms with van der Waals surface area (Å²) in [7, 11) is 0. The van der Waals surface area contributed by atoms with Gasteiger partial charge in [-0.25, -0.2) is 0 Å². The zero-order valence-electron chi connectivity index (χ0n) is 35.8. The van der Waals surface area contributed by atoms with E-state index in [-0.39, 0.29) is 35.8 Å². The van der Waals surface area contributed by atoms with Crippen molar-refractivity contribution in [2.24, 2.45) is 4.99 Å². The average molecular weight is 904 g/mol. The van der Waals surface area contributed by atoms with Crippen molar-refractivity contribution >= 4 is 74.4 Å². The van der Waals surface area contributed by atoms with E-state index < -0.39 is 6.04 Å². The molecule has 1 atom stereocenters. The van der Waals surface area contributed by atoms with Crippen molar-refractivity contribution in [1.82, 2.24) is 5.32 Å². The summed E-state index contributed by atoms with van der Waals surface area (Å²) < 4.78 is 22.6. The molecule has 4 aromatic carbocycles. The Morgan fingerprint density at radius 3 is 2.27 bits per heavy atom. The standard InChI is InChI=1S/C48H50ClN7O7S/c1-29-30(2)64-48-44(29)45(32-9-11-37(49)12-10-32)55-41(46(51)56(48)31(3)50)28-43(58)53-38-13-15-39(16-14-38)63-24-23-62-22-21-61-20-19-60-18-17-52-47(59)36-6-4-5-33(25-36)34-7-8-35-27-42(57)54-40(35)26-34/h4-16,25-26,41,50-51H,17-24,27-28H2,1-3H3,(H,52,59)(H,53,58)(H,54,57)/t41-/m0/s1. The molecule has 16 heteroatoms. The number of rotatable bonds is 19. The van der Waals surface area contributed by atoms with E-state index in [0.717, 1.165) is 48.9 Å². The van der Waals surface area contributed by atoms with Crippen LogP contribution in [0.3, 0.4) is 0 Å².